The van der Waals surface area contributed by atoms with Gasteiger partial charge < -0.3 is 63.4 Å². The average molecular weight is 797 g/mol. The predicted octanol–water partition coefficient (Wildman–Crippen LogP) is 1.05. The highest BCUT2D eigenvalue weighted by Gasteiger charge is 2.71. The Morgan fingerprint density at radius 2 is 1.61 bits per heavy atom. The minimum Gasteiger partial charge on any atom is -0.462 e. The molecule has 3 heterocycles. The fraction of sp³-hybridized carbons (Fsp3) is 0.875. The number of cyclic esters (lactones) is 1. The van der Waals surface area contributed by atoms with E-state index in [-0.39, 0.29) is 41.8 Å². The van der Waals surface area contributed by atoms with Gasteiger partial charge >= 0.3 is 17.9 Å². The number of carbonyl (C=O) groups is 3. The van der Waals surface area contributed by atoms with Crippen LogP contribution in [0.1, 0.15) is 86.0 Å². The van der Waals surface area contributed by atoms with Crippen molar-refractivity contribution in [3.63, 3.8) is 0 Å². The first-order valence-electron chi connectivity index (χ1n) is 20.2. The molecular weight excluding hydrogens is 736 g/mol. The smallest absolute Gasteiger partial charge is 0.331 e. The van der Waals surface area contributed by atoms with Gasteiger partial charge in [0.15, 0.2) is 18.7 Å². The van der Waals surface area contributed by atoms with E-state index in [4.69, 9.17) is 37.9 Å². The molecule has 5 N–H and O–H groups in total. The first kappa shape index (κ1) is 41.9. The third kappa shape index (κ3) is 7.02. The van der Waals surface area contributed by atoms with Crippen molar-refractivity contribution in [2.45, 2.75) is 165 Å². The van der Waals surface area contributed by atoms with Crippen LogP contribution in [0.2, 0.25) is 0 Å². The zero-order valence-corrected chi connectivity index (χ0v) is 33.1. The Morgan fingerprint density at radius 3 is 2.25 bits per heavy atom. The SMILES string of the molecule is CO[C@@H]1[C@@H](OC(C)=O)[C@H](O[C@H]2CC[C@@]3(C)[C@H](CC[C@@H]4[C@@H]3CC[C@]3(C)[C@@H](C5=CC(=O)OC5)[C@@H](OC(C)=O)C[C@]43O)C2)O[C@H](C)[C@H]1O[C@@H]1O[C@H](CO)[C@@H](O)[C@H](O)[C@H]1O. The summed E-state index contributed by atoms with van der Waals surface area (Å²) in [5.74, 6) is -1.28. The van der Waals surface area contributed by atoms with Gasteiger partial charge in [-0.15, -0.1) is 0 Å². The van der Waals surface area contributed by atoms with Crippen molar-refractivity contribution in [1.82, 2.24) is 0 Å². The molecule has 6 fully saturated rings. The van der Waals surface area contributed by atoms with Crippen molar-refractivity contribution >= 4 is 17.9 Å². The van der Waals surface area contributed by atoms with Gasteiger partial charge in [-0.25, -0.2) is 4.79 Å². The second kappa shape index (κ2) is 15.7. The minimum atomic E-state index is -1.65. The Kier molecular flexibility index (Phi) is 11.8. The molecule has 0 aromatic rings. The molecule has 7 aliphatic rings. The molecular formula is C40H60O16. The lowest BCUT2D eigenvalue weighted by Crippen LogP contribution is -2.65. The molecule has 4 saturated carbocycles. The third-order valence-electron chi connectivity index (χ3n) is 15.0. The standard InChI is InChI=1S/C40H60O16/c1-18-33(56-36-32(47)31(46)30(45)27(16-41)55-36)34(49-6)35(53-20(3)43)37(51-18)54-23-9-11-38(4)22(14-23)7-8-25-24(38)10-12-39(5)29(21-13-28(44)50-17-21)26(52-19(2)42)15-40(25,39)48/h13,18,22-27,29-37,41,45-48H,7-12,14-17H2,1-6H3/t18-,22-,23+,24+,25-,26+,27-,29+,30-,31+,32-,33-,34+,35-,36+,37+,38+,39-,40+/m1/s1. The van der Waals surface area contributed by atoms with Crippen LogP contribution in [-0.4, -0.2) is 143 Å². The second-order valence-electron chi connectivity index (χ2n) is 17.8. The van der Waals surface area contributed by atoms with E-state index in [1.807, 2.05) is 0 Å². The van der Waals surface area contributed by atoms with Crippen molar-refractivity contribution in [1.29, 1.82) is 0 Å². The van der Waals surface area contributed by atoms with E-state index in [1.165, 1.54) is 27.0 Å². The van der Waals surface area contributed by atoms with Crippen molar-refractivity contribution in [2.24, 2.45) is 34.5 Å². The van der Waals surface area contributed by atoms with Crippen LogP contribution in [0, 0.1) is 34.5 Å². The maximum absolute atomic E-state index is 12.9. The Morgan fingerprint density at radius 1 is 0.875 bits per heavy atom. The quantitative estimate of drug-likeness (QED) is 0.125. The Balaban J connectivity index is 1.05. The summed E-state index contributed by atoms with van der Waals surface area (Å²) >= 11 is 0. The van der Waals surface area contributed by atoms with Gasteiger partial charge in [0.2, 0.25) is 0 Å². The summed E-state index contributed by atoms with van der Waals surface area (Å²) in [7, 11) is 1.42. The molecule has 0 radical (unpaired) electrons. The molecule has 0 bridgehead atoms. The molecule has 56 heavy (non-hydrogen) atoms. The zero-order valence-electron chi connectivity index (χ0n) is 33.1. The van der Waals surface area contributed by atoms with Crippen molar-refractivity contribution in [3.8, 4) is 0 Å². The number of ether oxygens (including phenoxy) is 8. The average Bonchev–Trinajstić information content (AvgIpc) is 3.66. The number of rotatable bonds is 9. The van der Waals surface area contributed by atoms with Crippen LogP contribution in [0.5, 0.6) is 0 Å². The first-order valence-corrected chi connectivity index (χ1v) is 20.2. The highest BCUT2D eigenvalue weighted by Crippen LogP contribution is 2.70. The molecule has 0 aromatic carbocycles. The summed E-state index contributed by atoms with van der Waals surface area (Å²) in [6.07, 6.45) is -5.76. The number of hydrogen-bond donors (Lipinski definition) is 5. The topological polar surface area (TPSA) is 226 Å². The molecule has 3 aliphatic heterocycles. The molecule has 19 atom stereocenters. The maximum atomic E-state index is 12.9. The number of methoxy groups -OCH3 is 1. The second-order valence-corrected chi connectivity index (χ2v) is 17.8. The molecule has 2 saturated heterocycles. The van der Waals surface area contributed by atoms with Crippen LogP contribution in [-0.2, 0) is 52.3 Å². The number of fused-ring (bicyclic) bond motifs is 5. The summed E-state index contributed by atoms with van der Waals surface area (Å²) in [4.78, 5) is 36.9. The fourth-order valence-corrected chi connectivity index (χ4v) is 12.2. The minimum absolute atomic E-state index is 0.0272. The van der Waals surface area contributed by atoms with E-state index in [1.54, 1.807) is 6.92 Å². The number of esters is 3. The van der Waals surface area contributed by atoms with Gasteiger partial charge in [-0.05, 0) is 80.6 Å². The van der Waals surface area contributed by atoms with E-state index >= 15 is 0 Å². The highest BCUT2D eigenvalue weighted by molar-refractivity contribution is 5.85. The summed E-state index contributed by atoms with van der Waals surface area (Å²) in [5.41, 5.74) is -1.04. The van der Waals surface area contributed by atoms with Crippen LogP contribution in [0.15, 0.2) is 11.6 Å². The number of carbonyl (C=O) groups excluding carboxylic acids is 3. The van der Waals surface area contributed by atoms with Gasteiger partial charge in [-0.3, -0.25) is 9.59 Å². The largest absolute Gasteiger partial charge is 0.462 e. The zero-order chi connectivity index (χ0) is 40.5. The first-order chi connectivity index (χ1) is 26.4. The Hall–Kier alpha value is -2.25. The van der Waals surface area contributed by atoms with E-state index in [2.05, 4.69) is 13.8 Å². The van der Waals surface area contributed by atoms with Gasteiger partial charge in [0.25, 0.3) is 0 Å². The van der Waals surface area contributed by atoms with E-state index < -0.39 is 103 Å². The summed E-state index contributed by atoms with van der Waals surface area (Å²) < 4.78 is 47.4. The van der Waals surface area contributed by atoms with E-state index in [9.17, 15) is 39.9 Å². The molecule has 16 heteroatoms. The predicted molar refractivity (Wildman–Crippen MR) is 191 cm³/mol. The van der Waals surface area contributed by atoms with Crippen LogP contribution >= 0.6 is 0 Å². The lowest BCUT2D eigenvalue weighted by atomic mass is 9.43. The van der Waals surface area contributed by atoms with E-state index in [0.717, 1.165) is 37.7 Å². The molecule has 0 aromatic heterocycles. The number of hydrogen-bond acceptors (Lipinski definition) is 16. The van der Waals surface area contributed by atoms with E-state index in [0.29, 0.717) is 19.3 Å². The number of aliphatic hydroxyl groups is 5. The van der Waals surface area contributed by atoms with Gasteiger partial charge in [-0.2, -0.15) is 0 Å². The van der Waals surface area contributed by atoms with Crippen LogP contribution in [0.4, 0.5) is 0 Å². The van der Waals surface area contributed by atoms with Gasteiger partial charge in [0.05, 0.1) is 24.4 Å². The monoisotopic (exact) mass is 796 g/mol. The highest BCUT2D eigenvalue weighted by atomic mass is 16.8. The van der Waals surface area contributed by atoms with Crippen LogP contribution in [0.3, 0.4) is 0 Å². The fourth-order valence-electron chi connectivity index (χ4n) is 12.2. The van der Waals surface area contributed by atoms with Gasteiger partial charge in [0.1, 0.15) is 49.3 Å². The lowest BCUT2D eigenvalue weighted by Gasteiger charge is -2.63. The maximum Gasteiger partial charge on any atom is 0.331 e. The van der Waals surface area contributed by atoms with Crippen molar-refractivity contribution in [2.75, 3.05) is 20.3 Å². The Bertz CT molecular complexity index is 1520. The summed E-state index contributed by atoms with van der Waals surface area (Å²) in [5, 5.41) is 53.8. The molecule has 16 nitrogen and oxygen atoms in total. The molecule has 0 spiro atoms. The van der Waals surface area contributed by atoms with Gasteiger partial charge in [0, 0.05) is 44.8 Å². The third-order valence-corrected chi connectivity index (χ3v) is 15.0. The van der Waals surface area contributed by atoms with Crippen molar-refractivity contribution < 1.29 is 77.8 Å². The molecule has 316 valence electrons. The van der Waals surface area contributed by atoms with Gasteiger partial charge in [-0.1, -0.05) is 13.8 Å². The molecule has 7 rings (SSSR count). The molecule has 0 amide bonds. The van der Waals surface area contributed by atoms with Crippen molar-refractivity contribution in [3.05, 3.63) is 11.6 Å². The summed E-state index contributed by atoms with van der Waals surface area (Å²) in [6, 6.07) is 0. The molecule has 0 unspecified atom stereocenters. The number of aliphatic hydroxyl groups excluding tert-OH is 4. The van der Waals surface area contributed by atoms with Crippen LogP contribution < -0.4 is 0 Å². The summed E-state index contributed by atoms with van der Waals surface area (Å²) in [6.45, 7) is 8.31. The normalized spacial score (nSPS) is 50.2. The van der Waals surface area contributed by atoms with Crippen LogP contribution in [0.25, 0.3) is 0 Å². The lowest BCUT2D eigenvalue weighted by molar-refractivity contribution is -0.362. The Labute approximate surface area is 327 Å². The molecule has 4 aliphatic carbocycles.